The second-order valence-electron chi connectivity index (χ2n) is 6.43. The molecule has 26 heavy (non-hydrogen) atoms. The van der Waals surface area contributed by atoms with Gasteiger partial charge in [0.25, 0.3) is 5.91 Å². The SMILES string of the molecule is C[C@@H](OCc1ccc2nnc(-c3cccs3)n2n1)C(=O)N1CCCCC1. The first-order valence-corrected chi connectivity index (χ1v) is 9.76. The smallest absolute Gasteiger partial charge is 0.251 e. The predicted octanol–water partition coefficient (Wildman–Crippen LogP) is 2.77. The molecule has 0 unspecified atom stereocenters. The Morgan fingerprint density at radius 2 is 2.08 bits per heavy atom. The van der Waals surface area contributed by atoms with Crippen molar-refractivity contribution in [3.63, 3.8) is 0 Å². The van der Waals surface area contributed by atoms with E-state index in [1.54, 1.807) is 15.9 Å². The number of likely N-dealkylation sites (tertiary alicyclic amines) is 1. The standard InChI is InChI=1S/C18H21N5O2S/c1-13(18(24)22-9-3-2-4-10-22)25-12-14-7-8-16-19-20-17(23(16)21-14)15-6-5-11-26-15/h5-8,11,13H,2-4,9-10,12H2,1H3/t13-/m1/s1. The van der Waals surface area contributed by atoms with Crippen molar-refractivity contribution < 1.29 is 9.53 Å². The zero-order valence-corrected chi connectivity index (χ0v) is 15.5. The fraction of sp³-hybridized carbons (Fsp3) is 0.444. The van der Waals surface area contributed by atoms with Crippen LogP contribution in [0.25, 0.3) is 16.3 Å². The second-order valence-corrected chi connectivity index (χ2v) is 7.38. The van der Waals surface area contributed by atoms with E-state index < -0.39 is 6.10 Å². The largest absolute Gasteiger partial charge is 0.362 e. The first-order valence-electron chi connectivity index (χ1n) is 8.88. The van der Waals surface area contributed by atoms with Crippen LogP contribution < -0.4 is 0 Å². The van der Waals surface area contributed by atoms with Crippen LogP contribution >= 0.6 is 11.3 Å². The summed E-state index contributed by atoms with van der Waals surface area (Å²) < 4.78 is 7.52. The first-order chi connectivity index (χ1) is 12.7. The Labute approximate surface area is 155 Å². The number of piperidine rings is 1. The number of nitrogens with zero attached hydrogens (tertiary/aromatic N) is 5. The average Bonchev–Trinajstić information content (AvgIpc) is 3.35. The fourth-order valence-electron chi connectivity index (χ4n) is 3.12. The van der Waals surface area contributed by atoms with Crippen molar-refractivity contribution in [2.24, 2.45) is 0 Å². The van der Waals surface area contributed by atoms with Gasteiger partial charge in [-0.25, -0.2) is 0 Å². The number of aromatic nitrogens is 4. The van der Waals surface area contributed by atoms with Crippen LogP contribution in [0.15, 0.2) is 29.6 Å². The van der Waals surface area contributed by atoms with E-state index in [0.29, 0.717) is 11.5 Å². The maximum absolute atomic E-state index is 12.5. The van der Waals surface area contributed by atoms with Crippen molar-refractivity contribution in [2.75, 3.05) is 13.1 Å². The van der Waals surface area contributed by atoms with Crippen LogP contribution in [-0.2, 0) is 16.1 Å². The van der Waals surface area contributed by atoms with E-state index in [-0.39, 0.29) is 12.5 Å². The third-order valence-electron chi connectivity index (χ3n) is 4.56. The normalized spacial score (nSPS) is 16.1. The highest BCUT2D eigenvalue weighted by atomic mass is 32.1. The molecule has 0 aromatic carbocycles. The highest BCUT2D eigenvalue weighted by Gasteiger charge is 2.22. The van der Waals surface area contributed by atoms with E-state index in [0.717, 1.165) is 36.5 Å². The molecule has 4 rings (SSSR count). The summed E-state index contributed by atoms with van der Waals surface area (Å²) >= 11 is 1.59. The molecule has 136 valence electrons. The number of ether oxygens (including phenoxy) is 1. The van der Waals surface area contributed by atoms with Crippen LogP contribution in [-0.4, -0.2) is 49.8 Å². The molecular formula is C18H21N5O2S. The van der Waals surface area contributed by atoms with E-state index in [9.17, 15) is 4.79 Å². The Morgan fingerprint density at radius 1 is 1.23 bits per heavy atom. The molecule has 4 heterocycles. The second kappa shape index (κ2) is 7.51. The molecule has 0 spiro atoms. The van der Waals surface area contributed by atoms with Gasteiger partial charge in [0.05, 0.1) is 17.2 Å². The predicted molar refractivity (Wildman–Crippen MR) is 98.8 cm³/mol. The Kier molecular flexibility index (Phi) is 4.94. The zero-order chi connectivity index (χ0) is 17.9. The Balaban J connectivity index is 1.45. The molecule has 0 aliphatic carbocycles. The number of thiophene rings is 1. The third-order valence-corrected chi connectivity index (χ3v) is 5.42. The summed E-state index contributed by atoms with van der Waals surface area (Å²) in [6.45, 7) is 3.76. The van der Waals surface area contributed by atoms with Crippen LogP contribution in [0.4, 0.5) is 0 Å². The summed E-state index contributed by atoms with van der Waals surface area (Å²) in [5.41, 5.74) is 1.43. The summed E-state index contributed by atoms with van der Waals surface area (Å²) in [6.07, 6.45) is 2.89. The van der Waals surface area contributed by atoms with Gasteiger partial charge in [-0.05, 0) is 49.8 Å². The molecule has 0 saturated carbocycles. The van der Waals surface area contributed by atoms with Gasteiger partial charge in [-0.3, -0.25) is 4.79 Å². The lowest BCUT2D eigenvalue weighted by atomic mass is 10.1. The minimum Gasteiger partial charge on any atom is -0.362 e. The monoisotopic (exact) mass is 371 g/mol. The molecule has 1 aliphatic heterocycles. The van der Waals surface area contributed by atoms with Gasteiger partial charge in [-0.1, -0.05) is 6.07 Å². The highest BCUT2D eigenvalue weighted by molar-refractivity contribution is 7.13. The summed E-state index contributed by atoms with van der Waals surface area (Å²) in [5, 5.41) is 15.0. The highest BCUT2D eigenvalue weighted by Crippen LogP contribution is 2.22. The van der Waals surface area contributed by atoms with Gasteiger partial charge in [0.2, 0.25) is 0 Å². The lowest BCUT2D eigenvalue weighted by molar-refractivity contribution is -0.144. The van der Waals surface area contributed by atoms with E-state index in [1.165, 1.54) is 6.42 Å². The number of amides is 1. The maximum Gasteiger partial charge on any atom is 0.251 e. The molecule has 1 amide bonds. The van der Waals surface area contributed by atoms with Gasteiger partial charge in [0.1, 0.15) is 6.10 Å². The van der Waals surface area contributed by atoms with Crippen molar-refractivity contribution >= 4 is 22.9 Å². The first kappa shape index (κ1) is 17.1. The molecule has 1 atom stereocenters. The van der Waals surface area contributed by atoms with E-state index in [1.807, 2.05) is 41.5 Å². The molecule has 1 fully saturated rings. The molecule has 7 nitrogen and oxygen atoms in total. The summed E-state index contributed by atoms with van der Waals surface area (Å²) in [7, 11) is 0. The molecule has 0 bridgehead atoms. The Bertz CT molecular complexity index is 886. The summed E-state index contributed by atoms with van der Waals surface area (Å²) in [4.78, 5) is 15.4. The van der Waals surface area contributed by atoms with Crippen LogP contribution in [0.2, 0.25) is 0 Å². The lowest BCUT2D eigenvalue weighted by Crippen LogP contribution is -2.42. The van der Waals surface area contributed by atoms with Crippen molar-refractivity contribution in [3.8, 4) is 10.7 Å². The van der Waals surface area contributed by atoms with Crippen molar-refractivity contribution in [3.05, 3.63) is 35.3 Å². The average molecular weight is 371 g/mol. The molecule has 1 saturated heterocycles. The van der Waals surface area contributed by atoms with Crippen molar-refractivity contribution in [1.29, 1.82) is 0 Å². The van der Waals surface area contributed by atoms with E-state index in [2.05, 4.69) is 15.3 Å². The van der Waals surface area contributed by atoms with Gasteiger partial charge in [-0.15, -0.1) is 21.5 Å². The topological polar surface area (TPSA) is 72.6 Å². The summed E-state index contributed by atoms with van der Waals surface area (Å²) in [6, 6.07) is 7.69. The van der Waals surface area contributed by atoms with Crippen LogP contribution in [0.5, 0.6) is 0 Å². The number of fused-ring (bicyclic) bond motifs is 1. The summed E-state index contributed by atoms with van der Waals surface area (Å²) in [5.74, 6) is 0.781. The minimum atomic E-state index is -0.469. The zero-order valence-electron chi connectivity index (χ0n) is 14.7. The third kappa shape index (κ3) is 3.47. The van der Waals surface area contributed by atoms with E-state index in [4.69, 9.17) is 4.74 Å². The molecule has 8 heteroatoms. The molecule has 1 aliphatic rings. The molecule has 3 aromatic rings. The Hall–Kier alpha value is -2.32. The van der Waals surface area contributed by atoms with E-state index >= 15 is 0 Å². The molecular weight excluding hydrogens is 350 g/mol. The quantitative estimate of drug-likeness (QED) is 0.690. The van der Waals surface area contributed by atoms with Gasteiger partial charge < -0.3 is 9.64 Å². The van der Waals surface area contributed by atoms with Crippen molar-refractivity contribution in [2.45, 2.75) is 38.9 Å². The molecule has 3 aromatic heterocycles. The van der Waals surface area contributed by atoms with Gasteiger partial charge in [0.15, 0.2) is 11.5 Å². The fourth-order valence-corrected chi connectivity index (χ4v) is 3.81. The number of carbonyl (C=O) groups excluding carboxylic acids is 1. The number of rotatable bonds is 5. The molecule has 0 radical (unpaired) electrons. The molecule has 0 N–H and O–H groups in total. The minimum absolute atomic E-state index is 0.0642. The number of hydrogen-bond donors (Lipinski definition) is 0. The van der Waals surface area contributed by atoms with Crippen molar-refractivity contribution in [1.82, 2.24) is 24.7 Å². The van der Waals surface area contributed by atoms with Gasteiger partial charge >= 0.3 is 0 Å². The maximum atomic E-state index is 12.5. The number of hydrogen-bond acceptors (Lipinski definition) is 6. The van der Waals surface area contributed by atoms with Crippen LogP contribution in [0, 0.1) is 0 Å². The Morgan fingerprint density at radius 3 is 2.85 bits per heavy atom. The van der Waals surface area contributed by atoms with Gasteiger partial charge in [0, 0.05) is 13.1 Å². The van der Waals surface area contributed by atoms with Crippen LogP contribution in [0.3, 0.4) is 0 Å². The lowest BCUT2D eigenvalue weighted by Gasteiger charge is -2.29. The van der Waals surface area contributed by atoms with Gasteiger partial charge in [-0.2, -0.15) is 9.61 Å². The van der Waals surface area contributed by atoms with Crippen LogP contribution in [0.1, 0.15) is 31.9 Å². The number of carbonyl (C=O) groups is 1.